The molecule has 1 amide bonds. The molecular weight excluding hydrogens is 488 g/mol. The Bertz CT molecular complexity index is 1470. The van der Waals surface area contributed by atoms with E-state index < -0.39 is 0 Å². The van der Waals surface area contributed by atoms with Crippen molar-refractivity contribution in [1.29, 1.82) is 0 Å². The number of nitrogens with one attached hydrogen (secondary N) is 1. The first-order valence-corrected chi connectivity index (χ1v) is 12.9. The van der Waals surface area contributed by atoms with Gasteiger partial charge in [0, 0.05) is 31.5 Å². The standard InChI is InChI=1S/C32H30N4O3/c1-24(27-12-4-2-5-13-27)36(21-25-10-8-16-29(18-25)39-28-14-6-3-7-15-28)22-31-35-30(23-38-31)32(37)34-20-26-11-9-17-33-19-26/h2-19,23-24H,20-22H2,1H3,(H,34,37)/t24-/m0/s1. The molecule has 0 saturated carbocycles. The predicted octanol–water partition coefficient (Wildman–Crippen LogP) is 6.56. The van der Waals surface area contributed by atoms with E-state index in [4.69, 9.17) is 9.15 Å². The van der Waals surface area contributed by atoms with Crippen LogP contribution in [0.2, 0.25) is 0 Å². The number of nitrogens with zero attached hydrogens (tertiary/aromatic N) is 3. The molecule has 7 heteroatoms. The number of amides is 1. The normalized spacial score (nSPS) is 11.7. The number of carbonyl (C=O) groups excluding carboxylic acids is 1. The van der Waals surface area contributed by atoms with Crippen molar-refractivity contribution in [2.75, 3.05) is 0 Å². The molecule has 5 rings (SSSR count). The summed E-state index contributed by atoms with van der Waals surface area (Å²) in [6.07, 6.45) is 4.83. The Labute approximate surface area is 228 Å². The summed E-state index contributed by atoms with van der Waals surface area (Å²) in [5.74, 6) is 1.75. The van der Waals surface area contributed by atoms with Gasteiger partial charge in [-0.05, 0) is 53.9 Å². The molecule has 0 saturated heterocycles. The molecule has 0 fully saturated rings. The Morgan fingerprint density at radius 3 is 2.41 bits per heavy atom. The number of aromatic nitrogens is 2. The molecule has 1 N–H and O–H groups in total. The van der Waals surface area contributed by atoms with Gasteiger partial charge in [0.1, 0.15) is 17.8 Å². The molecule has 3 aromatic carbocycles. The van der Waals surface area contributed by atoms with Crippen LogP contribution in [0.4, 0.5) is 0 Å². The van der Waals surface area contributed by atoms with E-state index in [1.807, 2.05) is 78.9 Å². The first kappa shape index (κ1) is 25.9. The van der Waals surface area contributed by atoms with Crippen molar-refractivity contribution in [2.24, 2.45) is 0 Å². The number of rotatable bonds is 11. The third-order valence-electron chi connectivity index (χ3n) is 6.39. The second-order valence-electron chi connectivity index (χ2n) is 9.22. The molecule has 0 aliphatic rings. The average molecular weight is 519 g/mol. The highest BCUT2D eigenvalue weighted by Gasteiger charge is 2.21. The molecule has 0 aliphatic carbocycles. The van der Waals surface area contributed by atoms with Gasteiger partial charge in [0.2, 0.25) is 5.89 Å². The van der Waals surface area contributed by atoms with Crippen molar-refractivity contribution in [1.82, 2.24) is 20.2 Å². The van der Waals surface area contributed by atoms with E-state index in [0.29, 0.717) is 25.5 Å². The molecule has 39 heavy (non-hydrogen) atoms. The number of hydrogen-bond donors (Lipinski definition) is 1. The van der Waals surface area contributed by atoms with Crippen LogP contribution in [0.25, 0.3) is 0 Å². The topological polar surface area (TPSA) is 80.5 Å². The lowest BCUT2D eigenvalue weighted by atomic mass is 10.1. The fourth-order valence-electron chi connectivity index (χ4n) is 4.28. The number of carbonyl (C=O) groups is 1. The molecule has 0 unspecified atom stereocenters. The Morgan fingerprint density at radius 2 is 1.64 bits per heavy atom. The summed E-state index contributed by atoms with van der Waals surface area (Å²) in [6, 6.07) is 31.9. The van der Waals surface area contributed by atoms with Crippen LogP contribution in [0.3, 0.4) is 0 Å². The van der Waals surface area contributed by atoms with E-state index in [9.17, 15) is 4.79 Å². The maximum atomic E-state index is 12.7. The number of oxazole rings is 1. The van der Waals surface area contributed by atoms with Crippen molar-refractivity contribution >= 4 is 5.91 Å². The molecule has 0 radical (unpaired) electrons. The van der Waals surface area contributed by atoms with Gasteiger partial charge in [-0.2, -0.15) is 0 Å². The van der Waals surface area contributed by atoms with Gasteiger partial charge in [-0.3, -0.25) is 14.7 Å². The third-order valence-corrected chi connectivity index (χ3v) is 6.39. The van der Waals surface area contributed by atoms with Gasteiger partial charge in [0.25, 0.3) is 5.91 Å². The zero-order valence-electron chi connectivity index (χ0n) is 21.7. The number of ether oxygens (including phenoxy) is 1. The molecular formula is C32H30N4O3. The Morgan fingerprint density at radius 1 is 0.897 bits per heavy atom. The maximum absolute atomic E-state index is 12.7. The van der Waals surface area contributed by atoms with Crippen LogP contribution in [0, 0.1) is 0 Å². The molecule has 0 bridgehead atoms. The summed E-state index contributed by atoms with van der Waals surface area (Å²) in [5, 5.41) is 2.87. The van der Waals surface area contributed by atoms with Gasteiger partial charge in [0.15, 0.2) is 5.69 Å². The monoisotopic (exact) mass is 518 g/mol. The van der Waals surface area contributed by atoms with E-state index in [1.54, 1.807) is 12.4 Å². The maximum Gasteiger partial charge on any atom is 0.273 e. The fraction of sp³-hybridized carbons (Fsp3) is 0.156. The molecule has 7 nitrogen and oxygen atoms in total. The van der Waals surface area contributed by atoms with Gasteiger partial charge in [-0.1, -0.05) is 66.7 Å². The Hall–Kier alpha value is -4.75. The van der Waals surface area contributed by atoms with E-state index in [-0.39, 0.29) is 17.6 Å². The molecule has 2 aromatic heterocycles. The lowest BCUT2D eigenvalue weighted by Crippen LogP contribution is -2.27. The van der Waals surface area contributed by atoms with Gasteiger partial charge < -0.3 is 14.5 Å². The molecule has 196 valence electrons. The summed E-state index contributed by atoms with van der Waals surface area (Å²) in [6.45, 7) is 3.58. The summed E-state index contributed by atoms with van der Waals surface area (Å²) >= 11 is 0. The van der Waals surface area contributed by atoms with Crippen LogP contribution in [-0.4, -0.2) is 20.8 Å². The van der Waals surface area contributed by atoms with Crippen LogP contribution in [-0.2, 0) is 19.6 Å². The second kappa shape index (κ2) is 12.7. The van der Waals surface area contributed by atoms with E-state index in [2.05, 4.69) is 45.3 Å². The van der Waals surface area contributed by atoms with Crippen LogP contribution >= 0.6 is 0 Å². The van der Waals surface area contributed by atoms with Crippen LogP contribution in [0.15, 0.2) is 120 Å². The summed E-state index contributed by atoms with van der Waals surface area (Å²) in [4.78, 5) is 23.5. The van der Waals surface area contributed by atoms with E-state index >= 15 is 0 Å². The smallest absolute Gasteiger partial charge is 0.273 e. The summed E-state index contributed by atoms with van der Waals surface area (Å²) in [5.41, 5.74) is 3.43. The average Bonchev–Trinajstić information content (AvgIpc) is 3.46. The van der Waals surface area contributed by atoms with Gasteiger partial charge in [-0.15, -0.1) is 0 Å². The van der Waals surface area contributed by atoms with Crippen LogP contribution < -0.4 is 10.1 Å². The fourth-order valence-corrected chi connectivity index (χ4v) is 4.28. The van der Waals surface area contributed by atoms with E-state index in [1.165, 1.54) is 11.8 Å². The second-order valence-corrected chi connectivity index (χ2v) is 9.22. The SMILES string of the molecule is C[C@@H](c1ccccc1)N(Cc1cccc(Oc2ccccc2)c1)Cc1nc(C(=O)NCc2cccnc2)co1. The van der Waals surface area contributed by atoms with Crippen LogP contribution in [0.1, 0.15) is 46.0 Å². The Balaban J connectivity index is 1.31. The highest BCUT2D eigenvalue weighted by Crippen LogP contribution is 2.27. The third kappa shape index (κ3) is 7.18. The van der Waals surface area contributed by atoms with Crippen molar-refractivity contribution in [3.63, 3.8) is 0 Å². The summed E-state index contributed by atoms with van der Waals surface area (Å²) < 4.78 is 11.8. The van der Waals surface area contributed by atoms with E-state index in [0.717, 1.165) is 22.6 Å². The lowest BCUT2D eigenvalue weighted by Gasteiger charge is -2.28. The largest absolute Gasteiger partial charge is 0.457 e. The minimum Gasteiger partial charge on any atom is -0.457 e. The van der Waals surface area contributed by atoms with Gasteiger partial charge in [0.05, 0.1) is 6.54 Å². The first-order chi connectivity index (χ1) is 19.1. The minimum atomic E-state index is -0.290. The van der Waals surface area contributed by atoms with Crippen molar-refractivity contribution in [3.8, 4) is 11.5 Å². The molecule has 2 heterocycles. The highest BCUT2D eigenvalue weighted by molar-refractivity contribution is 5.91. The first-order valence-electron chi connectivity index (χ1n) is 12.9. The summed E-state index contributed by atoms with van der Waals surface area (Å²) in [7, 11) is 0. The van der Waals surface area contributed by atoms with Crippen molar-refractivity contribution in [3.05, 3.63) is 144 Å². The van der Waals surface area contributed by atoms with Crippen molar-refractivity contribution in [2.45, 2.75) is 32.6 Å². The Kier molecular flexibility index (Phi) is 8.41. The predicted molar refractivity (Wildman–Crippen MR) is 149 cm³/mol. The minimum absolute atomic E-state index is 0.0691. The lowest BCUT2D eigenvalue weighted by molar-refractivity contribution is 0.0945. The molecule has 1 atom stereocenters. The van der Waals surface area contributed by atoms with Gasteiger partial charge >= 0.3 is 0 Å². The zero-order chi connectivity index (χ0) is 26.9. The molecule has 0 aliphatic heterocycles. The highest BCUT2D eigenvalue weighted by atomic mass is 16.5. The van der Waals surface area contributed by atoms with Crippen molar-refractivity contribution < 1.29 is 13.9 Å². The number of hydrogen-bond acceptors (Lipinski definition) is 6. The van der Waals surface area contributed by atoms with Crippen LogP contribution in [0.5, 0.6) is 11.5 Å². The number of benzene rings is 3. The zero-order valence-corrected chi connectivity index (χ0v) is 21.7. The quantitative estimate of drug-likeness (QED) is 0.213. The molecule has 5 aromatic rings. The molecule has 0 spiro atoms. The number of pyridine rings is 1. The number of para-hydroxylation sites is 1. The van der Waals surface area contributed by atoms with Gasteiger partial charge in [-0.25, -0.2) is 4.98 Å².